The molecule has 1 fully saturated rings. The van der Waals surface area contributed by atoms with Crippen LogP contribution in [0.3, 0.4) is 0 Å². The lowest BCUT2D eigenvalue weighted by atomic mass is 9.75. The number of hydrogen-bond acceptors (Lipinski definition) is 4. The van der Waals surface area contributed by atoms with Gasteiger partial charge in [0.25, 0.3) is 0 Å². The molecule has 1 aromatic carbocycles. The van der Waals surface area contributed by atoms with E-state index in [-0.39, 0.29) is 17.5 Å². The van der Waals surface area contributed by atoms with Gasteiger partial charge < -0.3 is 4.74 Å². The molecule has 1 aliphatic rings. The monoisotopic (exact) mass is 359 g/mol. The van der Waals surface area contributed by atoms with Crippen molar-refractivity contribution >= 4 is 27.6 Å². The Labute approximate surface area is 142 Å². The van der Waals surface area contributed by atoms with E-state index in [1.165, 1.54) is 24.3 Å². The first kappa shape index (κ1) is 18.2. The third-order valence-electron chi connectivity index (χ3n) is 4.27. The average Bonchev–Trinajstić information content (AvgIpc) is 2.77. The van der Waals surface area contributed by atoms with Crippen LogP contribution in [0.5, 0.6) is 0 Å². The van der Waals surface area contributed by atoms with Crippen molar-refractivity contribution in [3.05, 3.63) is 29.3 Å². The van der Waals surface area contributed by atoms with Crippen molar-refractivity contribution in [1.29, 1.82) is 0 Å². The van der Waals surface area contributed by atoms with Crippen LogP contribution in [0.2, 0.25) is 5.02 Å². The second-order valence-electron chi connectivity index (χ2n) is 5.88. The Morgan fingerprint density at radius 3 is 2.30 bits per heavy atom. The Kier molecular flexibility index (Phi) is 5.70. The first-order valence-corrected chi connectivity index (χ1v) is 9.67. The van der Waals surface area contributed by atoms with E-state index >= 15 is 0 Å². The molecule has 1 N–H and O–H groups in total. The Bertz CT molecular complexity index is 651. The molecule has 0 amide bonds. The predicted molar refractivity (Wildman–Crippen MR) is 88.8 cm³/mol. The van der Waals surface area contributed by atoms with E-state index in [0.29, 0.717) is 17.9 Å². The largest absolute Gasteiger partial charge is 0.463 e. The summed E-state index contributed by atoms with van der Waals surface area (Å²) in [7, 11) is -3.73. The molecule has 0 spiro atoms. The number of ether oxygens (including phenoxy) is 1. The van der Waals surface area contributed by atoms with Crippen LogP contribution in [0.1, 0.15) is 39.5 Å². The van der Waals surface area contributed by atoms with Crippen molar-refractivity contribution in [2.24, 2.45) is 5.41 Å². The lowest BCUT2D eigenvalue weighted by Crippen LogP contribution is -2.48. The second-order valence-corrected chi connectivity index (χ2v) is 8.03. The molecule has 1 aromatic rings. The zero-order chi connectivity index (χ0) is 17.1. The highest BCUT2D eigenvalue weighted by atomic mass is 35.5. The van der Waals surface area contributed by atoms with Crippen LogP contribution < -0.4 is 4.72 Å². The highest BCUT2D eigenvalue weighted by Gasteiger charge is 2.52. The molecular weight excluding hydrogens is 338 g/mol. The molecule has 0 aromatic heterocycles. The number of esters is 1. The molecule has 0 unspecified atom stereocenters. The van der Waals surface area contributed by atoms with Crippen LogP contribution in [-0.2, 0) is 19.6 Å². The number of benzene rings is 1. The SMILES string of the molecule is CCCC1(CCC)C(=O)OC[C@H]1NS(=O)(=O)c1ccc(Cl)cc1. The van der Waals surface area contributed by atoms with Crippen molar-refractivity contribution in [2.45, 2.75) is 50.5 Å². The third kappa shape index (κ3) is 3.70. The lowest BCUT2D eigenvalue weighted by Gasteiger charge is -2.30. The van der Waals surface area contributed by atoms with E-state index in [4.69, 9.17) is 16.3 Å². The number of carbonyl (C=O) groups excluding carboxylic acids is 1. The molecule has 23 heavy (non-hydrogen) atoms. The van der Waals surface area contributed by atoms with Crippen molar-refractivity contribution in [2.75, 3.05) is 6.61 Å². The first-order chi connectivity index (χ1) is 10.9. The van der Waals surface area contributed by atoms with Gasteiger partial charge in [-0.1, -0.05) is 38.3 Å². The summed E-state index contributed by atoms with van der Waals surface area (Å²) < 4.78 is 33.0. The fourth-order valence-electron chi connectivity index (χ4n) is 3.19. The number of sulfonamides is 1. The average molecular weight is 360 g/mol. The molecule has 1 atom stereocenters. The van der Waals surface area contributed by atoms with Gasteiger partial charge in [0.15, 0.2) is 0 Å². The predicted octanol–water partition coefficient (Wildman–Crippen LogP) is 3.13. The van der Waals surface area contributed by atoms with Gasteiger partial charge in [-0.15, -0.1) is 0 Å². The van der Waals surface area contributed by atoms with E-state index in [2.05, 4.69) is 4.72 Å². The summed E-state index contributed by atoms with van der Waals surface area (Å²) in [6.45, 7) is 4.03. The normalized spacial score (nSPS) is 20.5. The van der Waals surface area contributed by atoms with Crippen LogP contribution in [0.25, 0.3) is 0 Å². The van der Waals surface area contributed by atoms with Crippen molar-refractivity contribution < 1.29 is 17.9 Å². The maximum atomic E-state index is 12.6. The van der Waals surface area contributed by atoms with E-state index < -0.39 is 21.5 Å². The van der Waals surface area contributed by atoms with Crippen LogP contribution in [0, 0.1) is 5.41 Å². The smallest absolute Gasteiger partial charge is 0.313 e. The van der Waals surface area contributed by atoms with Crippen molar-refractivity contribution in [3.8, 4) is 0 Å². The van der Waals surface area contributed by atoms with Crippen LogP contribution in [-0.4, -0.2) is 27.0 Å². The molecule has 2 rings (SSSR count). The summed E-state index contributed by atoms with van der Waals surface area (Å²) in [4.78, 5) is 12.4. The summed E-state index contributed by atoms with van der Waals surface area (Å²) in [6, 6.07) is 5.40. The molecule has 5 nitrogen and oxygen atoms in total. The maximum absolute atomic E-state index is 12.6. The summed E-state index contributed by atoms with van der Waals surface area (Å²) in [5, 5.41) is 0.467. The van der Waals surface area contributed by atoms with E-state index in [1.54, 1.807) is 0 Å². The summed E-state index contributed by atoms with van der Waals surface area (Å²) >= 11 is 5.80. The van der Waals surface area contributed by atoms with E-state index in [9.17, 15) is 13.2 Å². The van der Waals surface area contributed by atoms with Crippen molar-refractivity contribution in [1.82, 2.24) is 4.72 Å². The van der Waals surface area contributed by atoms with Crippen molar-refractivity contribution in [3.63, 3.8) is 0 Å². The van der Waals surface area contributed by atoms with Crippen LogP contribution in [0.4, 0.5) is 0 Å². The van der Waals surface area contributed by atoms with Gasteiger partial charge in [-0.2, -0.15) is 0 Å². The lowest BCUT2D eigenvalue weighted by molar-refractivity contribution is -0.147. The topological polar surface area (TPSA) is 72.5 Å². The van der Waals surface area contributed by atoms with Gasteiger partial charge in [0.1, 0.15) is 6.61 Å². The third-order valence-corrected chi connectivity index (χ3v) is 6.01. The minimum Gasteiger partial charge on any atom is -0.463 e. The zero-order valence-electron chi connectivity index (χ0n) is 13.3. The molecule has 128 valence electrons. The Morgan fingerprint density at radius 2 is 1.78 bits per heavy atom. The molecule has 0 radical (unpaired) electrons. The minimum atomic E-state index is -3.73. The van der Waals surface area contributed by atoms with Gasteiger partial charge in [0.05, 0.1) is 16.4 Å². The van der Waals surface area contributed by atoms with Crippen LogP contribution in [0.15, 0.2) is 29.2 Å². The van der Waals surface area contributed by atoms with Gasteiger partial charge in [0.2, 0.25) is 10.0 Å². The van der Waals surface area contributed by atoms with E-state index in [1.807, 2.05) is 13.8 Å². The highest BCUT2D eigenvalue weighted by Crippen LogP contribution is 2.40. The van der Waals surface area contributed by atoms with Gasteiger partial charge >= 0.3 is 5.97 Å². The number of rotatable bonds is 7. The Morgan fingerprint density at radius 1 is 1.22 bits per heavy atom. The minimum absolute atomic E-state index is 0.0751. The molecule has 0 aliphatic carbocycles. The number of hydrogen-bond donors (Lipinski definition) is 1. The number of nitrogens with one attached hydrogen (secondary N) is 1. The quantitative estimate of drug-likeness (QED) is 0.759. The highest BCUT2D eigenvalue weighted by molar-refractivity contribution is 7.89. The molecule has 0 bridgehead atoms. The summed E-state index contributed by atoms with van der Waals surface area (Å²) in [5.41, 5.74) is -0.775. The van der Waals surface area contributed by atoms with Gasteiger partial charge in [-0.25, -0.2) is 13.1 Å². The Hall–Kier alpha value is -1.11. The van der Waals surface area contributed by atoms with Crippen LogP contribution >= 0.6 is 11.6 Å². The molecule has 0 saturated carbocycles. The molecular formula is C16H22ClNO4S. The molecule has 1 aliphatic heterocycles. The van der Waals surface area contributed by atoms with Gasteiger partial charge in [-0.3, -0.25) is 4.79 Å². The van der Waals surface area contributed by atoms with E-state index in [0.717, 1.165) is 12.8 Å². The van der Waals surface area contributed by atoms with Gasteiger partial charge in [0, 0.05) is 5.02 Å². The summed E-state index contributed by atoms with van der Waals surface area (Å²) in [6.07, 6.45) is 2.78. The molecule has 1 saturated heterocycles. The number of cyclic esters (lactones) is 1. The first-order valence-electron chi connectivity index (χ1n) is 7.81. The maximum Gasteiger partial charge on any atom is 0.313 e. The fraction of sp³-hybridized carbons (Fsp3) is 0.562. The standard InChI is InChI=1S/C16H22ClNO4S/c1-3-9-16(10-4-2)14(11-22-15(16)19)18-23(20,21)13-7-5-12(17)6-8-13/h5-8,14,18H,3-4,9-11H2,1-2H3/t14-/m1/s1. The van der Waals surface area contributed by atoms with Gasteiger partial charge in [-0.05, 0) is 37.1 Å². The molecule has 7 heteroatoms. The Balaban J connectivity index is 2.29. The summed E-state index contributed by atoms with van der Waals surface area (Å²) in [5.74, 6) is -0.301. The number of halogens is 1. The molecule has 1 heterocycles. The number of carbonyl (C=O) groups is 1. The fourth-order valence-corrected chi connectivity index (χ4v) is 4.61. The second kappa shape index (κ2) is 7.20. The zero-order valence-corrected chi connectivity index (χ0v) is 14.9.